The molecular formula is C26H24ClN3O3. The molecule has 1 aliphatic heterocycles. The Balaban J connectivity index is 1.42. The first kappa shape index (κ1) is 22.6. The lowest BCUT2D eigenvalue weighted by Gasteiger charge is -2.17. The number of nitrogens with zero attached hydrogens (tertiary/aromatic N) is 1. The van der Waals surface area contributed by atoms with Crippen LogP contribution in [0.3, 0.4) is 0 Å². The van der Waals surface area contributed by atoms with E-state index in [1.807, 2.05) is 31.2 Å². The summed E-state index contributed by atoms with van der Waals surface area (Å²) in [6, 6.07) is 21.7. The normalized spacial score (nSPS) is 15.4. The van der Waals surface area contributed by atoms with Crippen LogP contribution in [0.25, 0.3) is 0 Å². The average molecular weight is 462 g/mol. The summed E-state index contributed by atoms with van der Waals surface area (Å²) >= 11 is 5.93. The van der Waals surface area contributed by atoms with Crippen molar-refractivity contribution in [2.24, 2.45) is 5.92 Å². The van der Waals surface area contributed by atoms with Gasteiger partial charge in [-0.05, 0) is 48.9 Å². The second-order valence-corrected chi connectivity index (χ2v) is 8.52. The number of carbonyl (C=O) groups is 3. The van der Waals surface area contributed by atoms with Crippen LogP contribution in [0.15, 0.2) is 72.8 Å². The fraction of sp³-hybridized carbons (Fsp3) is 0.192. The number of hydrogen-bond donors (Lipinski definition) is 2. The van der Waals surface area contributed by atoms with E-state index in [1.54, 1.807) is 53.4 Å². The van der Waals surface area contributed by atoms with Crippen LogP contribution in [0.4, 0.5) is 11.4 Å². The summed E-state index contributed by atoms with van der Waals surface area (Å²) in [5.74, 6) is -1.21. The van der Waals surface area contributed by atoms with Gasteiger partial charge in [0.1, 0.15) is 0 Å². The third-order valence-electron chi connectivity index (χ3n) is 5.60. The van der Waals surface area contributed by atoms with Gasteiger partial charge in [-0.1, -0.05) is 53.6 Å². The van der Waals surface area contributed by atoms with E-state index in [-0.39, 0.29) is 30.7 Å². The van der Waals surface area contributed by atoms with Crippen molar-refractivity contribution < 1.29 is 14.4 Å². The molecule has 3 aromatic rings. The molecule has 0 bridgehead atoms. The molecule has 0 spiro atoms. The van der Waals surface area contributed by atoms with Crippen molar-refractivity contribution >= 4 is 40.7 Å². The smallest absolute Gasteiger partial charge is 0.253 e. The van der Waals surface area contributed by atoms with Crippen LogP contribution in [-0.2, 0) is 16.1 Å². The number of hydrogen-bond acceptors (Lipinski definition) is 3. The van der Waals surface area contributed by atoms with Crippen molar-refractivity contribution in [3.63, 3.8) is 0 Å². The number of amides is 3. The van der Waals surface area contributed by atoms with Crippen molar-refractivity contribution in [2.45, 2.75) is 19.9 Å². The molecule has 0 saturated carbocycles. The summed E-state index contributed by atoms with van der Waals surface area (Å²) < 4.78 is 0. The van der Waals surface area contributed by atoms with E-state index in [2.05, 4.69) is 10.6 Å². The van der Waals surface area contributed by atoms with E-state index < -0.39 is 5.92 Å². The molecule has 0 aliphatic carbocycles. The van der Waals surface area contributed by atoms with Crippen LogP contribution in [0.5, 0.6) is 0 Å². The third-order valence-corrected chi connectivity index (χ3v) is 5.85. The van der Waals surface area contributed by atoms with E-state index in [0.717, 1.165) is 11.1 Å². The van der Waals surface area contributed by atoms with Gasteiger partial charge in [-0.3, -0.25) is 14.4 Å². The molecule has 1 fully saturated rings. The zero-order chi connectivity index (χ0) is 23.4. The Hall–Kier alpha value is -3.64. The first-order valence-corrected chi connectivity index (χ1v) is 11.1. The molecule has 1 saturated heterocycles. The summed E-state index contributed by atoms with van der Waals surface area (Å²) in [7, 11) is 0. The molecule has 1 aliphatic rings. The van der Waals surface area contributed by atoms with Crippen molar-refractivity contribution in [1.29, 1.82) is 0 Å². The van der Waals surface area contributed by atoms with Gasteiger partial charge < -0.3 is 15.5 Å². The molecule has 1 heterocycles. The summed E-state index contributed by atoms with van der Waals surface area (Å²) in [4.78, 5) is 39.8. The van der Waals surface area contributed by atoms with Crippen LogP contribution in [0.1, 0.15) is 27.9 Å². The maximum atomic E-state index is 12.9. The monoisotopic (exact) mass is 461 g/mol. The SMILES string of the molecule is Cc1cccc(CNC(=O)c2ccccc2NC(=O)[C@H]2CC(=O)N(c3ccc(Cl)cc3)C2)c1. The fourth-order valence-electron chi connectivity index (χ4n) is 3.88. The number of nitrogens with one attached hydrogen (secondary N) is 2. The zero-order valence-corrected chi connectivity index (χ0v) is 18.9. The molecule has 7 heteroatoms. The maximum absolute atomic E-state index is 12.9. The number of halogens is 1. The molecule has 4 rings (SSSR count). The van der Waals surface area contributed by atoms with Gasteiger partial charge >= 0.3 is 0 Å². The quantitative estimate of drug-likeness (QED) is 0.564. The second kappa shape index (κ2) is 9.88. The number of benzene rings is 3. The van der Waals surface area contributed by atoms with Gasteiger partial charge in [0.25, 0.3) is 5.91 Å². The van der Waals surface area contributed by atoms with Gasteiger partial charge in [-0.25, -0.2) is 0 Å². The van der Waals surface area contributed by atoms with E-state index in [9.17, 15) is 14.4 Å². The molecule has 1 atom stereocenters. The highest BCUT2D eigenvalue weighted by molar-refractivity contribution is 6.30. The standard InChI is InChI=1S/C26H24ClN3O3/c1-17-5-4-6-18(13-17)15-28-26(33)22-7-2-3-8-23(22)29-25(32)19-14-24(31)30(16-19)21-11-9-20(27)10-12-21/h2-13,19H,14-16H2,1H3,(H,28,33)(H,29,32)/t19-/m0/s1. The highest BCUT2D eigenvalue weighted by Gasteiger charge is 2.35. The molecule has 33 heavy (non-hydrogen) atoms. The van der Waals surface area contributed by atoms with Crippen molar-refractivity contribution in [3.8, 4) is 0 Å². The van der Waals surface area contributed by atoms with Gasteiger partial charge in [0, 0.05) is 30.2 Å². The van der Waals surface area contributed by atoms with Gasteiger partial charge in [-0.15, -0.1) is 0 Å². The van der Waals surface area contributed by atoms with Crippen LogP contribution in [0.2, 0.25) is 5.02 Å². The minimum Gasteiger partial charge on any atom is -0.348 e. The van der Waals surface area contributed by atoms with E-state index in [0.29, 0.717) is 28.5 Å². The molecular weight excluding hydrogens is 438 g/mol. The van der Waals surface area contributed by atoms with Gasteiger partial charge in [0.15, 0.2) is 0 Å². The summed E-state index contributed by atoms with van der Waals surface area (Å²) in [5, 5.41) is 6.33. The van der Waals surface area contributed by atoms with Crippen LogP contribution < -0.4 is 15.5 Å². The topological polar surface area (TPSA) is 78.5 Å². The molecule has 3 aromatic carbocycles. The molecule has 6 nitrogen and oxygen atoms in total. The second-order valence-electron chi connectivity index (χ2n) is 8.09. The molecule has 2 N–H and O–H groups in total. The predicted octanol–water partition coefficient (Wildman–Crippen LogP) is 4.57. The summed E-state index contributed by atoms with van der Waals surface area (Å²) in [6.45, 7) is 2.65. The Morgan fingerprint density at radius 3 is 2.55 bits per heavy atom. The van der Waals surface area contributed by atoms with E-state index in [4.69, 9.17) is 11.6 Å². The Morgan fingerprint density at radius 1 is 1.03 bits per heavy atom. The van der Waals surface area contributed by atoms with Gasteiger partial charge in [0.05, 0.1) is 17.2 Å². The first-order chi connectivity index (χ1) is 15.9. The minimum atomic E-state index is -0.517. The number of aryl methyl sites for hydroxylation is 1. The predicted molar refractivity (Wildman–Crippen MR) is 129 cm³/mol. The number of rotatable bonds is 6. The fourth-order valence-corrected chi connectivity index (χ4v) is 4.00. The highest BCUT2D eigenvalue weighted by Crippen LogP contribution is 2.27. The maximum Gasteiger partial charge on any atom is 0.253 e. The van der Waals surface area contributed by atoms with Gasteiger partial charge in [-0.2, -0.15) is 0 Å². The van der Waals surface area contributed by atoms with Crippen molar-refractivity contribution in [2.75, 3.05) is 16.8 Å². The zero-order valence-electron chi connectivity index (χ0n) is 18.2. The highest BCUT2D eigenvalue weighted by atomic mass is 35.5. The molecule has 168 valence electrons. The summed E-state index contributed by atoms with van der Waals surface area (Å²) in [6.07, 6.45) is 0.107. The van der Waals surface area contributed by atoms with E-state index >= 15 is 0 Å². The van der Waals surface area contributed by atoms with Crippen LogP contribution in [0, 0.1) is 12.8 Å². The lowest BCUT2D eigenvalue weighted by atomic mass is 10.1. The Labute approximate surface area is 197 Å². The Bertz CT molecular complexity index is 1190. The molecule has 3 amide bonds. The van der Waals surface area contributed by atoms with Crippen molar-refractivity contribution in [1.82, 2.24) is 5.32 Å². The minimum absolute atomic E-state index is 0.107. The van der Waals surface area contributed by atoms with E-state index in [1.165, 1.54) is 0 Å². The van der Waals surface area contributed by atoms with Gasteiger partial charge in [0.2, 0.25) is 11.8 Å². The number of para-hydroxylation sites is 1. The average Bonchev–Trinajstić information content (AvgIpc) is 3.20. The van der Waals surface area contributed by atoms with Crippen molar-refractivity contribution in [3.05, 3.63) is 94.5 Å². The molecule has 0 radical (unpaired) electrons. The third kappa shape index (κ3) is 5.41. The largest absolute Gasteiger partial charge is 0.348 e. The lowest BCUT2D eigenvalue weighted by molar-refractivity contribution is -0.122. The number of anilines is 2. The Morgan fingerprint density at radius 2 is 1.79 bits per heavy atom. The molecule has 0 unspecified atom stereocenters. The molecule has 0 aromatic heterocycles. The lowest BCUT2D eigenvalue weighted by Crippen LogP contribution is -2.29. The number of carbonyl (C=O) groups excluding carboxylic acids is 3. The first-order valence-electron chi connectivity index (χ1n) is 10.7. The van der Waals surface area contributed by atoms with Crippen LogP contribution >= 0.6 is 11.6 Å². The summed E-state index contributed by atoms with van der Waals surface area (Å²) in [5.41, 5.74) is 3.61. The van der Waals surface area contributed by atoms with Crippen LogP contribution in [-0.4, -0.2) is 24.3 Å². The Kier molecular flexibility index (Phi) is 6.75.